The number of aldehydes is 1. The van der Waals surface area contributed by atoms with Crippen LogP contribution in [0.1, 0.15) is 84.6 Å². The van der Waals surface area contributed by atoms with E-state index in [0.717, 1.165) is 82.5 Å². The lowest BCUT2D eigenvalue weighted by atomic mass is 9.96. The number of para-hydroxylation sites is 1. The quantitative estimate of drug-likeness (QED) is 0.177. The fourth-order valence-corrected chi connectivity index (χ4v) is 6.95. The van der Waals surface area contributed by atoms with Crippen LogP contribution < -0.4 is 16.0 Å². The van der Waals surface area contributed by atoms with Gasteiger partial charge in [-0.3, -0.25) is 9.59 Å². The molecular formula is C41H68N6O3. The van der Waals surface area contributed by atoms with Crippen LogP contribution in [0, 0.1) is 5.92 Å². The molecular weight excluding hydrogens is 624 g/mol. The van der Waals surface area contributed by atoms with Crippen molar-refractivity contribution < 1.29 is 14.4 Å². The Labute approximate surface area is 304 Å². The van der Waals surface area contributed by atoms with Crippen LogP contribution in [0.4, 0.5) is 5.69 Å². The smallest absolute Gasteiger partial charge is 0.209 e. The molecule has 2 amide bonds. The number of piperidine rings is 2. The maximum absolute atomic E-state index is 11.3. The second-order valence-electron chi connectivity index (χ2n) is 13.6. The predicted molar refractivity (Wildman–Crippen MR) is 209 cm³/mol. The van der Waals surface area contributed by atoms with E-state index >= 15 is 0 Å². The molecule has 2 heterocycles. The maximum atomic E-state index is 11.3. The van der Waals surface area contributed by atoms with Crippen molar-refractivity contribution in [2.24, 2.45) is 5.92 Å². The molecule has 4 rings (SSSR count). The molecule has 2 fully saturated rings. The first-order valence-electron chi connectivity index (χ1n) is 19.2. The molecule has 50 heavy (non-hydrogen) atoms. The van der Waals surface area contributed by atoms with Crippen LogP contribution in [0.25, 0.3) is 0 Å². The second-order valence-corrected chi connectivity index (χ2v) is 13.6. The molecule has 0 aromatic heterocycles. The Balaban J connectivity index is 0.000000265. The number of carbonyl (C=O) groups is 3. The number of hydrogen-bond donors (Lipinski definition) is 3. The molecule has 0 unspecified atom stereocenters. The van der Waals surface area contributed by atoms with E-state index < -0.39 is 6.04 Å². The molecule has 3 aliphatic rings. The summed E-state index contributed by atoms with van der Waals surface area (Å²) in [6.45, 7) is 18.0. The minimum absolute atomic E-state index is 0.403. The first-order chi connectivity index (χ1) is 24.3. The fourth-order valence-electron chi connectivity index (χ4n) is 6.95. The Morgan fingerprint density at radius 3 is 2.20 bits per heavy atom. The minimum atomic E-state index is -0.413. The van der Waals surface area contributed by atoms with E-state index in [1.54, 1.807) is 0 Å². The number of hydrogen-bond acceptors (Lipinski definition) is 7. The molecule has 2 saturated heterocycles. The summed E-state index contributed by atoms with van der Waals surface area (Å²) in [6, 6.07) is 8.26. The molecule has 1 atom stereocenters. The lowest BCUT2D eigenvalue weighted by Gasteiger charge is -2.32. The van der Waals surface area contributed by atoms with Crippen molar-refractivity contribution in [3.05, 3.63) is 64.8 Å². The van der Waals surface area contributed by atoms with Gasteiger partial charge in [-0.25, -0.2) is 0 Å². The van der Waals surface area contributed by atoms with Crippen molar-refractivity contribution in [2.75, 3.05) is 71.8 Å². The third kappa shape index (κ3) is 15.7. The third-order valence-corrected chi connectivity index (χ3v) is 10.3. The van der Waals surface area contributed by atoms with Crippen LogP contribution in [0.2, 0.25) is 0 Å². The highest BCUT2D eigenvalue weighted by atomic mass is 16.1. The van der Waals surface area contributed by atoms with Crippen molar-refractivity contribution >= 4 is 24.8 Å². The zero-order valence-corrected chi connectivity index (χ0v) is 32.1. The summed E-state index contributed by atoms with van der Waals surface area (Å²) in [4.78, 5) is 39.4. The van der Waals surface area contributed by atoms with Gasteiger partial charge < -0.3 is 35.4 Å². The largest absolute Gasteiger partial charge is 0.388 e. The molecule has 9 nitrogen and oxygen atoms in total. The fraction of sp³-hybridized carbons (Fsp3) is 0.634. The van der Waals surface area contributed by atoms with Crippen molar-refractivity contribution in [1.82, 2.24) is 25.3 Å². The Morgan fingerprint density at radius 1 is 0.940 bits per heavy atom. The highest BCUT2D eigenvalue weighted by molar-refractivity contribution is 5.64. The number of benzene rings is 1. The molecule has 9 heteroatoms. The van der Waals surface area contributed by atoms with E-state index in [1.165, 1.54) is 67.8 Å². The number of likely N-dealkylation sites (tertiary alicyclic amines) is 1. The van der Waals surface area contributed by atoms with E-state index in [9.17, 15) is 14.4 Å². The van der Waals surface area contributed by atoms with Crippen molar-refractivity contribution in [1.29, 1.82) is 0 Å². The molecule has 280 valence electrons. The van der Waals surface area contributed by atoms with Crippen LogP contribution in [0.15, 0.2) is 59.2 Å². The predicted octanol–water partition coefficient (Wildman–Crippen LogP) is 5.84. The van der Waals surface area contributed by atoms with Gasteiger partial charge in [0.15, 0.2) is 0 Å². The Kier molecular flexibility index (Phi) is 22.0. The molecule has 3 N–H and O–H groups in total. The van der Waals surface area contributed by atoms with Gasteiger partial charge in [0.1, 0.15) is 6.29 Å². The number of nitrogens with one attached hydrogen (secondary N) is 3. The summed E-state index contributed by atoms with van der Waals surface area (Å²) in [7, 11) is 4.16. The summed E-state index contributed by atoms with van der Waals surface area (Å²) in [5, 5.41) is 9.05. The number of carbonyl (C=O) groups excluding carboxylic acids is 3. The van der Waals surface area contributed by atoms with Gasteiger partial charge in [0.25, 0.3) is 0 Å². The standard InChI is InChI=1S/C15H23N3O.C15H21NO2.C11H24N2/c1-16-15-5-3-2-4-13(15)8-11-18(12-19)14-6-9-17-10-7-14;1-3-13-7-5-12(6-8-14(13)4-2)9-15(10-17)16-11-18;1-4-13(5-2)10-11-6-8-12(3)9-7-11/h2-5,12,14,16-17H,6-11H2,1H3;5,7-8,10-11,15H,3-4,6,9H2,1-2H3,(H,16,18);11H,4-10H2,1-3H3/t;15-;/m.1./s1. The number of amides is 2. The van der Waals surface area contributed by atoms with Gasteiger partial charge in [0, 0.05) is 31.9 Å². The zero-order chi connectivity index (χ0) is 36.6. The second kappa shape index (κ2) is 25.6. The molecule has 2 aliphatic heterocycles. The van der Waals surface area contributed by atoms with Gasteiger partial charge in [-0.2, -0.15) is 0 Å². The number of anilines is 1. The average Bonchev–Trinajstić information content (AvgIpc) is 3.37. The number of allylic oxidation sites excluding steroid dienone is 5. The topological polar surface area (TPSA) is 97.0 Å². The van der Waals surface area contributed by atoms with Gasteiger partial charge in [-0.1, -0.05) is 69.7 Å². The molecule has 1 aromatic rings. The third-order valence-electron chi connectivity index (χ3n) is 10.3. The van der Waals surface area contributed by atoms with E-state index in [1.807, 2.05) is 24.1 Å². The Hall–Kier alpha value is -3.27. The van der Waals surface area contributed by atoms with E-state index in [0.29, 0.717) is 18.9 Å². The van der Waals surface area contributed by atoms with Gasteiger partial charge in [-0.15, -0.1) is 0 Å². The molecule has 0 bridgehead atoms. The van der Waals surface area contributed by atoms with E-state index in [2.05, 4.69) is 90.9 Å². The number of nitrogens with zero attached hydrogens (tertiary/aromatic N) is 3. The summed E-state index contributed by atoms with van der Waals surface area (Å²) in [5.41, 5.74) is 6.34. The molecule has 0 saturated carbocycles. The monoisotopic (exact) mass is 693 g/mol. The first-order valence-corrected chi connectivity index (χ1v) is 19.2. The molecule has 1 aliphatic carbocycles. The minimum Gasteiger partial charge on any atom is -0.388 e. The summed E-state index contributed by atoms with van der Waals surface area (Å²) in [6.07, 6.45) is 18.1. The lowest BCUT2D eigenvalue weighted by molar-refractivity contribution is -0.120. The van der Waals surface area contributed by atoms with Crippen LogP contribution in [-0.2, 0) is 20.8 Å². The van der Waals surface area contributed by atoms with Gasteiger partial charge in [0.05, 0.1) is 6.04 Å². The normalized spacial score (nSPS) is 17.7. The summed E-state index contributed by atoms with van der Waals surface area (Å²) in [5.74, 6) is 0.955. The highest BCUT2D eigenvalue weighted by Gasteiger charge is 2.20. The van der Waals surface area contributed by atoms with Crippen molar-refractivity contribution in [3.8, 4) is 0 Å². The Bertz CT molecular complexity index is 1200. The molecule has 0 spiro atoms. The van der Waals surface area contributed by atoms with Gasteiger partial charge in [-0.05, 0) is 133 Å². The van der Waals surface area contributed by atoms with Gasteiger partial charge in [0.2, 0.25) is 12.8 Å². The van der Waals surface area contributed by atoms with E-state index in [4.69, 9.17) is 0 Å². The van der Waals surface area contributed by atoms with Crippen molar-refractivity contribution in [3.63, 3.8) is 0 Å². The lowest BCUT2D eigenvalue weighted by Crippen LogP contribution is -2.43. The van der Waals surface area contributed by atoms with E-state index in [-0.39, 0.29) is 0 Å². The van der Waals surface area contributed by atoms with Gasteiger partial charge >= 0.3 is 0 Å². The number of rotatable bonds is 17. The van der Waals surface area contributed by atoms with Crippen LogP contribution in [0.5, 0.6) is 0 Å². The molecule has 0 radical (unpaired) electrons. The maximum Gasteiger partial charge on any atom is 0.209 e. The average molecular weight is 693 g/mol. The summed E-state index contributed by atoms with van der Waals surface area (Å²) >= 11 is 0. The zero-order valence-electron chi connectivity index (χ0n) is 32.1. The van der Waals surface area contributed by atoms with Crippen LogP contribution in [0.3, 0.4) is 0 Å². The first kappa shape index (κ1) is 42.9. The summed E-state index contributed by atoms with van der Waals surface area (Å²) < 4.78 is 0. The van der Waals surface area contributed by atoms with Crippen molar-refractivity contribution in [2.45, 2.75) is 97.6 Å². The highest BCUT2D eigenvalue weighted by Crippen LogP contribution is 2.25. The molecule has 1 aromatic carbocycles. The van der Waals surface area contributed by atoms with Crippen LogP contribution in [-0.4, -0.2) is 112 Å². The van der Waals surface area contributed by atoms with Crippen LogP contribution >= 0.6 is 0 Å². The Morgan fingerprint density at radius 2 is 1.62 bits per heavy atom. The SMILES string of the molecule is CCC1=CC=C(C[C@H](C=O)NC=O)CC=C1CC.CCN(CC)CC1CCN(C)CC1.CNc1ccccc1CCN(C=O)C1CCNCC1.